The Morgan fingerprint density at radius 3 is 1.87 bits per heavy atom. The third-order valence-electron chi connectivity index (χ3n) is 6.71. The Balaban J connectivity index is 1.35. The minimum Gasteiger partial charge on any atom is -0.508 e. The number of ether oxygens (including phenoxy) is 2. The van der Waals surface area contributed by atoms with E-state index in [-0.39, 0.29) is 23.0 Å². The smallest absolute Gasteiger partial charge is 0.339 e. The van der Waals surface area contributed by atoms with Crippen LogP contribution in [0.1, 0.15) is 37.9 Å². The Kier molecular flexibility index (Phi) is 8.26. The minimum absolute atomic E-state index is 0.00238. The molecule has 10 heteroatoms. The van der Waals surface area contributed by atoms with Crippen molar-refractivity contribution in [1.29, 1.82) is 0 Å². The Morgan fingerprint density at radius 2 is 1.28 bits per heavy atom. The molecule has 0 spiro atoms. The molecule has 1 amide bonds. The second-order valence-electron chi connectivity index (χ2n) is 9.45. The second-order valence-corrected chi connectivity index (χ2v) is 9.45. The van der Waals surface area contributed by atoms with Crippen LogP contribution in [0.3, 0.4) is 0 Å². The fourth-order valence-corrected chi connectivity index (χ4v) is 4.68. The van der Waals surface area contributed by atoms with Crippen LogP contribution in [-0.2, 0) is 4.74 Å². The van der Waals surface area contributed by atoms with E-state index < -0.39 is 12.1 Å². The average molecular weight is 533 g/mol. The number of aromatic hydroxyl groups is 2. The lowest BCUT2D eigenvalue weighted by Crippen LogP contribution is -2.44. The number of carbonyl (C=O) groups is 2. The van der Waals surface area contributed by atoms with Crippen LogP contribution >= 0.6 is 0 Å². The quantitative estimate of drug-likeness (QED) is 0.323. The van der Waals surface area contributed by atoms with Crippen molar-refractivity contribution in [3.8, 4) is 23.0 Å². The molecule has 10 nitrogen and oxygen atoms in total. The number of nitrogens with one attached hydrogen (secondary N) is 3. The van der Waals surface area contributed by atoms with E-state index in [2.05, 4.69) is 16.0 Å². The van der Waals surface area contributed by atoms with Gasteiger partial charge in [0.1, 0.15) is 23.0 Å². The molecule has 0 aromatic heterocycles. The highest BCUT2D eigenvalue weighted by molar-refractivity contribution is 5.98. The summed E-state index contributed by atoms with van der Waals surface area (Å²) < 4.78 is 11.8. The Labute approximate surface area is 226 Å². The first-order valence-corrected chi connectivity index (χ1v) is 13.1. The van der Waals surface area contributed by atoms with Gasteiger partial charge in [0.15, 0.2) is 6.10 Å². The fraction of sp³-hybridized carbons (Fsp3) is 0.310. The van der Waals surface area contributed by atoms with Crippen LogP contribution in [-0.4, -0.2) is 79.3 Å². The number of esters is 1. The van der Waals surface area contributed by atoms with Crippen molar-refractivity contribution in [2.45, 2.75) is 6.10 Å². The maximum atomic E-state index is 13.4. The third kappa shape index (κ3) is 6.31. The highest BCUT2D eigenvalue weighted by Gasteiger charge is 2.31. The zero-order valence-corrected chi connectivity index (χ0v) is 21.5. The summed E-state index contributed by atoms with van der Waals surface area (Å²) >= 11 is 0. The number of phenolic OH excluding ortho intramolecular Hbond substituents is 2. The van der Waals surface area contributed by atoms with Gasteiger partial charge in [-0.15, -0.1) is 0 Å². The first-order valence-electron chi connectivity index (χ1n) is 13.1. The standard InChI is InChI=1S/C29H32N4O6/c34-21-4-6-23-25(17-21)38-26-18-22(35)5-7-24(26)27(23)39-29(37)20-3-1-2-19(16-20)28(36)33-14-12-31-10-8-30-9-11-32-13-15-33/h1-7,16-18,27,30-32,34-35H,8-15H2. The molecular weight excluding hydrogens is 500 g/mol. The molecule has 2 aliphatic heterocycles. The van der Waals surface area contributed by atoms with Crippen molar-refractivity contribution < 1.29 is 29.3 Å². The molecule has 39 heavy (non-hydrogen) atoms. The lowest BCUT2D eigenvalue weighted by atomic mass is 9.96. The van der Waals surface area contributed by atoms with E-state index in [1.54, 1.807) is 41.3 Å². The lowest BCUT2D eigenvalue weighted by Gasteiger charge is -2.28. The number of nitrogens with zero attached hydrogens (tertiary/aromatic N) is 1. The van der Waals surface area contributed by atoms with Gasteiger partial charge in [-0.3, -0.25) is 4.79 Å². The van der Waals surface area contributed by atoms with Gasteiger partial charge in [0.25, 0.3) is 5.91 Å². The van der Waals surface area contributed by atoms with Crippen LogP contribution in [0.15, 0.2) is 60.7 Å². The molecule has 2 aliphatic rings. The molecule has 0 saturated carbocycles. The molecule has 0 bridgehead atoms. The van der Waals surface area contributed by atoms with Crippen molar-refractivity contribution in [2.24, 2.45) is 0 Å². The van der Waals surface area contributed by atoms with E-state index >= 15 is 0 Å². The van der Waals surface area contributed by atoms with Gasteiger partial charge in [0.05, 0.1) is 5.56 Å². The molecule has 0 unspecified atom stereocenters. The first-order chi connectivity index (χ1) is 19.0. The summed E-state index contributed by atoms with van der Waals surface area (Å²) in [5.74, 6) is -0.128. The number of fused-ring (bicyclic) bond motifs is 2. The topological polar surface area (TPSA) is 132 Å². The van der Waals surface area contributed by atoms with E-state index in [9.17, 15) is 19.8 Å². The Bertz CT molecular complexity index is 1280. The van der Waals surface area contributed by atoms with Crippen LogP contribution < -0.4 is 20.7 Å². The van der Waals surface area contributed by atoms with Gasteiger partial charge in [0, 0.05) is 81.2 Å². The molecule has 5 N–H and O–H groups in total. The number of hydrogen-bond acceptors (Lipinski definition) is 9. The fourth-order valence-electron chi connectivity index (χ4n) is 4.68. The number of carbonyl (C=O) groups excluding carboxylic acids is 2. The zero-order valence-electron chi connectivity index (χ0n) is 21.5. The van der Waals surface area contributed by atoms with Crippen molar-refractivity contribution in [1.82, 2.24) is 20.9 Å². The van der Waals surface area contributed by atoms with Crippen LogP contribution in [0.2, 0.25) is 0 Å². The summed E-state index contributed by atoms with van der Waals surface area (Å²) in [6, 6.07) is 15.6. The number of phenols is 2. The largest absolute Gasteiger partial charge is 0.508 e. The van der Waals surface area contributed by atoms with Gasteiger partial charge in [-0.2, -0.15) is 0 Å². The van der Waals surface area contributed by atoms with Gasteiger partial charge >= 0.3 is 5.97 Å². The van der Waals surface area contributed by atoms with Crippen LogP contribution in [0.25, 0.3) is 0 Å². The van der Waals surface area contributed by atoms with Gasteiger partial charge in [-0.05, 0) is 42.5 Å². The molecule has 0 radical (unpaired) electrons. The number of benzene rings is 3. The van der Waals surface area contributed by atoms with Crippen molar-refractivity contribution in [2.75, 3.05) is 52.4 Å². The average Bonchev–Trinajstić information content (AvgIpc) is 2.92. The maximum absolute atomic E-state index is 13.4. The highest BCUT2D eigenvalue weighted by Crippen LogP contribution is 2.47. The number of rotatable bonds is 3. The van der Waals surface area contributed by atoms with E-state index in [0.29, 0.717) is 54.4 Å². The molecule has 5 rings (SSSR count). The second kappa shape index (κ2) is 12.2. The van der Waals surface area contributed by atoms with Crippen molar-refractivity contribution in [3.05, 3.63) is 82.9 Å². The summed E-state index contributed by atoms with van der Waals surface area (Å²) in [4.78, 5) is 28.6. The Hall–Kier alpha value is -4.12. The molecule has 0 atom stereocenters. The van der Waals surface area contributed by atoms with Gasteiger partial charge in [0.2, 0.25) is 0 Å². The molecule has 1 saturated heterocycles. The molecule has 3 aromatic carbocycles. The predicted molar refractivity (Wildman–Crippen MR) is 145 cm³/mol. The summed E-state index contributed by atoms with van der Waals surface area (Å²) in [6.45, 7) is 5.80. The summed E-state index contributed by atoms with van der Waals surface area (Å²) in [7, 11) is 0. The first kappa shape index (κ1) is 26.5. The summed E-state index contributed by atoms with van der Waals surface area (Å²) in [5.41, 5.74) is 1.76. The predicted octanol–water partition coefficient (Wildman–Crippen LogP) is 2.37. The molecule has 1 fully saturated rings. The Morgan fingerprint density at radius 1 is 0.744 bits per heavy atom. The molecular formula is C29H32N4O6. The van der Waals surface area contributed by atoms with Crippen LogP contribution in [0, 0.1) is 0 Å². The highest BCUT2D eigenvalue weighted by atomic mass is 16.6. The summed E-state index contributed by atoms with van der Waals surface area (Å²) in [5, 5.41) is 29.9. The van der Waals surface area contributed by atoms with Crippen LogP contribution in [0.5, 0.6) is 23.0 Å². The minimum atomic E-state index is -0.835. The van der Waals surface area contributed by atoms with Gasteiger partial charge in [-0.1, -0.05) is 6.07 Å². The van der Waals surface area contributed by atoms with Crippen molar-refractivity contribution in [3.63, 3.8) is 0 Å². The van der Waals surface area contributed by atoms with E-state index in [1.165, 1.54) is 24.3 Å². The summed E-state index contributed by atoms with van der Waals surface area (Å²) in [6.07, 6.45) is -0.835. The number of amides is 1. The number of hydrogen-bond donors (Lipinski definition) is 5. The molecule has 0 aliphatic carbocycles. The van der Waals surface area contributed by atoms with Crippen LogP contribution in [0.4, 0.5) is 0 Å². The van der Waals surface area contributed by atoms with E-state index in [4.69, 9.17) is 9.47 Å². The molecule has 3 aromatic rings. The van der Waals surface area contributed by atoms with E-state index in [0.717, 1.165) is 26.2 Å². The zero-order chi connectivity index (χ0) is 27.2. The molecule has 2 heterocycles. The van der Waals surface area contributed by atoms with E-state index in [1.807, 2.05) is 0 Å². The van der Waals surface area contributed by atoms with Gasteiger partial charge < -0.3 is 40.5 Å². The monoisotopic (exact) mass is 532 g/mol. The normalized spacial score (nSPS) is 16.6. The SMILES string of the molecule is O=C(OC1c2ccc(O)cc2Oc2cc(O)ccc21)c1cccc(C(=O)N2CCNCCNCCNCC2)c1. The molecule has 204 valence electrons. The van der Waals surface area contributed by atoms with Gasteiger partial charge in [-0.25, -0.2) is 4.79 Å². The van der Waals surface area contributed by atoms with Crippen molar-refractivity contribution >= 4 is 11.9 Å². The lowest BCUT2D eigenvalue weighted by molar-refractivity contribution is 0.0362. The third-order valence-corrected chi connectivity index (χ3v) is 6.71. The maximum Gasteiger partial charge on any atom is 0.339 e.